The summed E-state index contributed by atoms with van der Waals surface area (Å²) in [4.78, 5) is 0. The first kappa shape index (κ1) is 9.29. The van der Waals surface area contributed by atoms with Crippen LogP contribution in [0.4, 0.5) is 0 Å². The van der Waals surface area contributed by atoms with Crippen LogP contribution in [0.2, 0.25) is 0 Å². The highest BCUT2D eigenvalue weighted by molar-refractivity contribution is 9.11. The van der Waals surface area contributed by atoms with E-state index in [1.807, 2.05) is 6.08 Å². The zero-order valence-electron chi connectivity index (χ0n) is 7.29. The minimum atomic E-state index is 0.446. The van der Waals surface area contributed by atoms with E-state index in [1.165, 1.54) is 5.57 Å². The Kier molecular flexibility index (Phi) is 2.75. The molecule has 1 nitrogen and oxygen atoms in total. The van der Waals surface area contributed by atoms with Gasteiger partial charge in [-0.25, -0.2) is 0 Å². The lowest BCUT2D eigenvalue weighted by atomic mass is 9.92. The van der Waals surface area contributed by atoms with E-state index in [4.69, 9.17) is 12.6 Å². The largest absolute Gasteiger partial charge is 0.373 e. The molecule has 13 heavy (non-hydrogen) atoms. The Balaban J connectivity index is 2.07. The Labute approximate surface area is 88.1 Å². The smallest absolute Gasteiger partial charge is 0.108 e. The predicted molar refractivity (Wildman–Crippen MR) is 57.9 cm³/mol. The van der Waals surface area contributed by atoms with Crippen LogP contribution in [-0.2, 0) is 4.74 Å². The van der Waals surface area contributed by atoms with Crippen LogP contribution in [0.5, 0.6) is 0 Å². The van der Waals surface area contributed by atoms with Crippen molar-refractivity contribution in [2.75, 3.05) is 6.61 Å². The number of hydrogen-bond donors (Lipinski definition) is 0. The van der Waals surface area contributed by atoms with E-state index < -0.39 is 0 Å². The second kappa shape index (κ2) is 3.85. The summed E-state index contributed by atoms with van der Waals surface area (Å²) in [7, 11) is 5.75. The number of epoxide rings is 1. The van der Waals surface area contributed by atoms with E-state index in [0.29, 0.717) is 6.10 Å². The van der Waals surface area contributed by atoms with Crippen molar-refractivity contribution in [1.29, 1.82) is 0 Å². The number of ether oxygens (including phenoxy) is 1. The van der Waals surface area contributed by atoms with Gasteiger partial charge in [0.05, 0.1) is 12.7 Å². The number of hydrogen-bond acceptors (Lipinski definition) is 1. The zero-order valence-corrected chi connectivity index (χ0v) is 8.88. The third kappa shape index (κ3) is 2.85. The molecule has 2 rings (SSSR count). The molecule has 1 aliphatic carbocycles. The molecule has 1 heterocycles. The van der Waals surface area contributed by atoms with Crippen LogP contribution in [0.3, 0.4) is 0 Å². The van der Waals surface area contributed by atoms with Crippen molar-refractivity contribution >= 4 is 23.8 Å². The zero-order chi connectivity index (χ0) is 9.26. The van der Waals surface area contributed by atoms with Crippen molar-refractivity contribution < 1.29 is 4.74 Å². The van der Waals surface area contributed by atoms with Crippen LogP contribution < -0.4 is 0 Å². The molecule has 1 aliphatic heterocycles. The van der Waals surface area contributed by atoms with E-state index >= 15 is 0 Å². The quantitative estimate of drug-likeness (QED) is 0.530. The standard InChI is InChI=1S/C10H10BBrO/c11-8-2-1-7(3-9(12)5-8)4-10-6-13-10/h1,3,5,10H,2,4,6H2. The van der Waals surface area contributed by atoms with Crippen molar-refractivity contribution in [3.05, 3.63) is 33.8 Å². The lowest BCUT2D eigenvalue weighted by molar-refractivity contribution is 0.408. The maximum absolute atomic E-state index is 5.75. The number of halogens is 1. The molecule has 3 heteroatoms. The molecule has 2 aliphatic rings. The van der Waals surface area contributed by atoms with Crippen LogP contribution in [0.25, 0.3) is 0 Å². The fourth-order valence-corrected chi connectivity index (χ4v) is 1.94. The second-order valence-electron chi connectivity index (χ2n) is 3.39. The molecule has 0 N–H and O–H groups in total. The highest BCUT2D eigenvalue weighted by Gasteiger charge is 2.23. The monoisotopic (exact) mass is 236 g/mol. The van der Waals surface area contributed by atoms with Crippen molar-refractivity contribution in [1.82, 2.24) is 0 Å². The Morgan fingerprint density at radius 2 is 2.31 bits per heavy atom. The van der Waals surface area contributed by atoms with Crippen LogP contribution in [-0.4, -0.2) is 20.6 Å². The maximum Gasteiger partial charge on any atom is 0.108 e. The summed E-state index contributed by atoms with van der Waals surface area (Å²) in [5, 5.41) is 0. The first-order chi connectivity index (χ1) is 6.24. The molecule has 1 saturated heterocycles. The summed E-state index contributed by atoms with van der Waals surface area (Å²) in [5.41, 5.74) is 2.21. The molecular formula is C10H10BBrO. The first-order valence-corrected chi connectivity index (χ1v) is 5.17. The van der Waals surface area contributed by atoms with Gasteiger partial charge < -0.3 is 4.74 Å². The normalized spacial score (nSPS) is 27.2. The van der Waals surface area contributed by atoms with Gasteiger partial charge >= 0.3 is 0 Å². The molecule has 1 atom stereocenters. The Bertz CT molecular complexity index is 300. The molecular weight excluding hydrogens is 227 g/mol. The highest BCUT2D eigenvalue weighted by atomic mass is 79.9. The van der Waals surface area contributed by atoms with E-state index in [-0.39, 0.29) is 0 Å². The van der Waals surface area contributed by atoms with Gasteiger partial charge in [-0.05, 0) is 18.1 Å². The number of rotatable bonds is 2. The molecule has 0 bridgehead atoms. The third-order valence-corrected chi connectivity index (χ3v) is 2.57. The average Bonchev–Trinajstić information content (AvgIpc) is 2.83. The van der Waals surface area contributed by atoms with E-state index in [1.54, 1.807) is 0 Å². The fourth-order valence-electron chi connectivity index (χ4n) is 1.35. The highest BCUT2D eigenvalue weighted by Crippen LogP contribution is 2.25. The van der Waals surface area contributed by atoms with Gasteiger partial charge in [-0.2, -0.15) is 0 Å². The number of allylic oxidation sites excluding steroid dienone is 5. The molecule has 0 aromatic rings. The molecule has 0 amide bonds. The SMILES string of the molecule is [B]C1=CC(Br)=CC(CC2CO2)=CC1. The van der Waals surface area contributed by atoms with Gasteiger partial charge in [-0.15, -0.1) is 5.47 Å². The lowest BCUT2D eigenvalue weighted by Gasteiger charge is -1.97. The average molecular weight is 237 g/mol. The molecule has 0 spiro atoms. The fraction of sp³-hybridized carbons (Fsp3) is 0.400. The van der Waals surface area contributed by atoms with Gasteiger partial charge in [0, 0.05) is 10.9 Å². The Hall–Kier alpha value is -0.275. The maximum atomic E-state index is 5.75. The van der Waals surface area contributed by atoms with Crippen LogP contribution in [0, 0.1) is 0 Å². The third-order valence-electron chi connectivity index (χ3n) is 2.11. The van der Waals surface area contributed by atoms with Gasteiger partial charge in [0.2, 0.25) is 0 Å². The van der Waals surface area contributed by atoms with Gasteiger partial charge in [0.15, 0.2) is 0 Å². The van der Waals surface area contributed by atoms with Crippen molar-refractivity contribution in [3.8, 4) is 0 Å². The molecule has 0 aromatic heterocycles. The summed E-state index contributed by atoms with van der Waals surface area (Å²) in [6, 6.07) is 0. The lowest BCUT2D eigenvalue weighted by Crippen LogP contribution is -1.87. The minimum absolute atomic E-state index is 0.446. The minimum Gasteiger partial charge on any atom is -0.373 e. The summed E-state index contributed by atoms with van der Waals surface area (Å²) >= 11 is 3.45. The summed E-state index contributed by atoms with van der Waals surface area (Å²) < 4.78 is 6.23. The van der Waals surface area contributed by atoms with Crippen molar-refractivity contribution in [3.63, 3.8) is 0 Å². The van der Waals surface area contributed by atoms with Gasteiger partial charge in [0.1, 0.15) is 7.85 Å². The molecule has 1 fully saturated rings. The van der Waals surface area contributed by atoms with Crippen molar-refractivity contribution in [2.45, 2.75) is 18.9 Å². The van der Waals surface area contributed by atoms with Gasteiger partial charge in [-0.3, -0.25) is 0 Å². The molecule has 0 saturated carbocycles. The van der Waals surface area contributed by atoms with E-state index in [9.17, 15) is 0 Å². The summed E-state index contributed by atoms with van der Waals surface area (Å²) in [6.45, 7) is 0.908. The topological polar surface area (TPSA) is 12.5 Å². The summed E-state index contributed by atoms with van der Waals surface area (Å²) in [6.07, 6.45) is 8.53. The van der Waals surface area contributed by atoms with E-state index in [2.05, 4.69) is 28.1 Å². The second-order valence-corrected chi connectivity index (χ2v) is 4.31. The van der Waals surface area contributed by atoms with E-state index in [0.717, 1.165) is 29.4 Å². The summed E-state index contributed by atoms with van der Waals surface area (Å²) in [5.74, 6) is 0. The van der Waals surface area contributed by atoms with Crippen LogP contribution in [0.1, 0.15) is 12.8 Å². The Morgan fingerprint density at radius 1 is 1.54 bits per heavy atom. The molecule has 1 unspecified atom stereocenters. The van der Waals surface area contributed by atoms with Crippen molar-refractivity contribution in [2.24, 2.45) is 0 Å². The van der Waals surface area contributed by atoms with Gasteiger partial charge in [-0.1, -0.05) is 28.1 Å². The predicted octanol–water partition coefficient (Wildman–Crippen LogP) is 2.44. The molecule has 66 valence electrons. The Morgan fingerprint density at radius 3 is 3.00 bits per heavy atom. The van der Waals surface area contributed by atoms with Gasteiger partial charge in [0.25, 0.3) is 0 Å². The first-order valence-electron chi connectivity index (χ1n) is 4.38. The van der Waals surface area contributed by atoms with Crippen LogP contribution in [0.15, 0.2) is 33.8 Å². The molecule has 2 radical (unpaired) electrons. The van der Waals surface area contributed by atoms with Crippen LogP contribution >= 0.6 is 15.9 Å². The molecule has 0 aromatic carbocycles.